The number of rotatable bonds is 8. The van der Waals surface area contributed by atoms with Gasteiger partial charge in [-0.25, -0.2) is 0 Å². The molecule has 0 amide bonds. The van der Waals surface area contributed by atoms with Gasteiger partial charge in [0.2, 0.25) is 5.75 Å². The highest BCUT2D eigenvalue weighted by molar-refractivity contribution is 5.53. The van der Waals surface area contributed by atoms with E-state index in [-0.39, 0.29) is 0 Å². The summed E-state index contributed by atoms with van der Waals surface area (Å²) in [6.07, 6.45) is 0.352. The predicted octanol–water partition coefficient (Wildman–Crippen LogP) is 2.16. The number of ether oxygens (including phenoxy) is 3. The molecule has 102 valence electrons. The molecule has 1 aromatic carbocycles. The van der Waals surface area contributed by atoms with E-state index in [1.165, 1.54) is 0 Å². The van der Waals surface area contributed by atoms with Crippen molar-refractivity contribution in [3.8, 4) is 17.2 Å². The van der Waals surface area contributed by atoms with E-state index in [1.807, 2.05) is 19.2 Å². The third-order valence-electron chi connectivity index (χ3n) is 2.43. The van der Waals surface area contributed by atoms with Gasteiger partial charge in [-0.1, -0.05) is 0 Å². The van der Waals surface area contributed by atoms with Gasteiger partial charge in [0.15, 0.2) is 11.5 Å². The molecule has 0 atom stereocenters. The van der Waals surface area contributed by atoms with Gasteiger partial charge >= 0.3 is 0 Å². The molecule has 0 saturated heterocycles. The van der Waals surface area contributed by atoms with E-state index in [0.717, 1.165) is 5.56 Å². The molecule has 18 heavy (non-hydrogen) atoms. The second-order valence-corrected chi connectivity index (χ2v) is 3.75. The third-order valence-corrected chi connectivity index (χ3v) is 2.43. The van der Waals surface area contributed by atoms with Crippen molar-refractivity contribution in [2.24, 2.45) is 0 Å². The molecule has 4 nitrogen and oxygen atoms in total. The Morgan fingerprint density at radius 3 is 2.22 bits per heavy atom. The van der Waals surface area contributed by atoms with Crippen LogP contribution in [0.25, 0.3) is 0 Å². The van der Waals surface area contributed by atoms with Crippen molar-refractivity contribution in [3.05, 3.63) is 17.7 Å². The van der Waals surface area contributed by atoms with Crippen LogP contribution in [0, 0.1) is 0 Å². The van der Waals surface area contributed by atoms with E-state index in [4.69, 9.17) is 14.2 Å². The third kappa shape index (κ3) is 3.77. The summed E-state index contributed by atoms with van der Waals surface area (Å²) in [4.78, 5) is 0. The Hall–Kier alpha value is -1.49. The Morgan fingerprint density at radius 2 is 1.78 bits per heavy atom. The van der Waals surface area contributed by atoms with E-state index < -0.39 is 6.67 Å². The number of benzene rings is 1. The summed E-state index contributed by atoms with van der Waals surface area (Å²) in [5, 5.41) is 3.06. The summed E-state index contributed by atoms with van der Waals surface area (Å²) in [5.41, 5.74) is 1.03. The van der Waals surface area contributed by atoms with Crippen LogP contribution in [0.3, 0.4) is 0 Å². The van der Waals surface area contributed by atoms with E-state index in [1.54, 1.807) is 14.2 Å². The summed E-state index contributed by atoms with van der Waals surface area (Å²) in [7, 11) is 5.00. The molecule has 0 aliphatic heterocycles. The second-order valence-electron chi connectivity index (χ2n) is 3.75. The highest BCUT2D eigenvalue weighted by Crippen LogP contribution is 2.38. The Bertz CT molecular complexity index is 346. The van der Waals surface area contributed by atoms with Crippen molar-refractivity contribution in [1.82, 2.24) is 5.32 Å². The molecule has 0 aliphatic carbocycles. The Kier molecular flexibility index (Phi) is 6.28. The first-order valence-corrected chi connectivity index (χ1v) is 5.85. The van der Waals surface area contributed by atoms with E-state index in [9.17, 15) is 4.39 Å². The maximum absolute atomic E-state index is 12.1. The summed E-state index contributed by atoms with van der Waals surface area (Å²) >= 11 is 0. The van der Waals surface area contributed by atoms with Crippen LogP contribution in [0.4, 0.5) is 4.39 Å². The molecule has 0 aliphatic rings. The smallest absolute Gasteiger partial charge is 0.203 e. The van der Waals surface area contributed by atoms with Gasteiger partial charge in [-0.05, 0) is 24.7 Å². The van der Waals surface area contributed by atoms with Crippen LogP contribution in [0.2, 0.25) is 0 Å². The minimum absolute atomic E-state index is 0.300. The fraction of sp³-hybridized carbons (Fsp3) is 0.538. The SMILES string of the molecule is CNCc1cc(OC)c(OCCCF)c(OC)c1. The lowest BCUT2D eigenvalue weighted by Gasteiger charge is -2.15. The largest absolute Gasteiger partial charge is 0.493 e. The lowest BCUT2D eigenvalue weighted by molar-refractivity contribution is 0.258. The fourth-order valence-electron chi connectivity index (χ4n) is 1.61. The van der Waals surface area contributed by atoms with Crippen molar-refractivity contribution < 1.29 is 18.6 Å². The normalized spacial score (nSPS) is 10.2. The van der Waals surface area contributed by atoms with Crippen LogP contribution < -0.4 is 19.5 Å². The van der Waals surface area contributed by atoms with Crippen LogP contribution in [-0.2, 0) is 6.54 Å². The molecule has 0 radical (unpaired) electrons. The molecule has 1 rings (SSSR count). The van der Waals surface area contributed by atoms with Crippen LogP contribution in [0.1, 0.15) is 12.0 Å². The zero-order valence-electron chi connectivity index (χ0n) is 11.1. The van der Waals surface area contributed by atoms with E-state index >= 15 is 0 Å². The molecule has 1 N–H and O–H groups in total. The van der Waals surface area contributed by atoms with Crippen LogP contribution >= 0.6 is 0 Å². The topological polar surface area (TPSA) is 39.7 Å². The Morgan fingerprint density at radius 1 is 1.17 bits per heavy atom. The highest BCUT2D eigenvalue weighted by atomic mass is 19.1. The van der Waals surface area contributed by atoms with Gasteiger partial charge in [0.05, 0.1) is 27.5 Å². The lowest BCUT2D eigenvalue weighted by atomic mass is 10.2. The fourth-order valence-corrected chi connectivity index (χ4v) is 1.61. The zero-order chi connectivity index (χ0) is 13.4. The summed E-state index contributed by atoms with van der Waals surface area (Å²) < 4.78 is 28.1. The first-order valence-electron chi connectivity index (χ1n) is 5.85. The van der Waals surface area contributed by atoms with E-state index in [2.05, 4.69) is 5.32 Å². The lowest BCUT2D eigenvalue weighted by Crippen LogP contribution is -2.07. The molecule has 0 spiro atoms. The molecule has 0 aromatic heterocycles. The standard InChI is InChI=1S/C13H20FNO3/c1-15-9-10-7-11(16-2)13(12(8-10)17-3)18-6-4-5-14/h7-8,15H,4-6,9H2,1-3H3. The van der Waals surface area contributed by atoms with Gasteiger partial charge in [-0.3, -0.25) is 4.39 Å². The predicted molar refractivity (Wildman–Crippen MR) is 68.4 cm³/mol. The van der Waals surface area contributed by atoms with Gasteiger partial charge in [0.1, 0.15) is 0 Å². The van der Waals surface area contributed by atoms with Crippen LogP contribution in [0.5, 0.6) is 17.2 Å². The molecule has 0 saturated carbocycles. The molecule has 0 heterocycles. The van der Waals surface area contributed by atoms with Crippen molar-refractivity contribution >= 4 is 0 Å². The van der Waals surface area contributed by atoms with Crippen LogP contribution in [-0.4, -0.2) is 34.5 Å². The Balaban J connectivity index is 2.97. The first kappa shape index (κ1) is 14.6. The number of methoxy groups -OCH3 is 2. The minimum atomic E-state index is -0.400. The number of hydrogen-bond acceptors (Lipinski definition) is 4. The number of halogens is 1. The molecule has 0 bridgehead atoms. The summed E-state index contributed by atoms with van der Waals surface area (Å²) in [6, 6.07) is 3.76. The molecular formula is C13H20FNO3. The van der Waals surface area contributed by atoms with Gasteiger partial charge in [-0.15, -0.1) is 0 Å². The van der Waals surface area contributed by atoms with Gasteiger partial charge in [0.25, 0.3) is 0 Å². The molecule has 0 fully saturated rings. The maximum Gasteiger partial charge on any atom is 0.203 e. The summed E-state index contributed by atoms with van der Waals surface area (Å²) in [6.45, 7) is 0.606. The quantitative estimate of drug-likeness (QED) is 0.724. The molecule has 0 unspecified atom stereocenters. The van der Waals surface area contributed by atoms with Gasteiger partial charge < -0.3 is 19.5 Å². The van der Waals surface area contributed by atoms with Crippen molar-refractivity contribution in [2.45, 2.75) is 13.0 Å². The second kappa shape index (κ2) is 7.76. The average molecular weight is 257 g/mol. The van der Waals surface area contributed by atoms with Crippen molar-refractivity contribution in [2.75, 3.05) is 34.5 Å². The van der Waals surface area contributed by atoms with Gasteiger partial charge in [-0.2, -0.15) is 0 Å². The van der Waals surface area contributed by atoms with Gasteiger partial charge in [0, 0.05) is 13.0 Å². The summed E-state index contributed by atoms with van der Waals surface area (Å²) in [5.74, 6) is 1.71. The van der Waals surface area contributed by atoms with Crippen molar-refractivity contribution in [3.63, 3.8) is 0 Å². The van der Waals surface area contributed by atoms with Crippen molar-refractivity contribution in [1.29, 1.82) is 0 Å². The Labute approximate surface area is 107 Å². The zero-order valence-corrected chi connectivity index (χ0v) is 11.1. The number of nitrogens with one attached hydrogen (secondary N) is 1. The molecular weight excluding hydrogens is 237 g/mol. The highest BCUT2D eigenvalue weighted by Gasteiger charge is 2.13. The number of alkyl halides is 1. The average Bonchev–Trinajstić information content (AvgIpc) is 2.40. The van der Waals surface area contributed by atoms with E-state index in [0.29, 0.717) is 36.8 Å². The minimum Gasteiger partial charge on any atom is -0.493 e. The maximum atomic E-state index is 12.1. The first-order chi connectivity index (χ1) is 8.76. The molecule has 1 aromatic rings. The van der Waals surface area contributed by atoms with Crippen LogP contribution in [0.15, 0.2) is 12.1 Å². The monoisotopic (exact) mass is 257 g/mol. The number of hydrogen-bond donors (Lipinski definition) is 1. The molecule has 5 heteroatoms.